The first-order valence-corrected chi connectivity index (χ1v) is 6.61. The van der Waals surface area contributed by atoms with E-state index in [9.17, 15) is 4.79 Å². The fourth-order valence-electron chi connectivity index (χ4n) is 0.843. The standard InChI is InChI=1S/C9H9BrO3S/c10-14-8-3-1-7(2-4-8)13-6-5-9(11)12/h1-4H,5-6H2,(H,11,12). The van der Waals surface area contributed by atoms with Crippen molar-refractivity contribution in [3.8, 4) is 5.75 Å². The molecule has 1 aromatic rings. The Labute approximate surface area is 93.7 Å². The smallest absolute Gasteiger partial charge is 0.306 e. The number of benzene rings is 1. The molecule has 1 aromatic carbocycles. The highest BCUT2D eigenvalue weighted by Crippen LogP contribution is 2.25. The first-order valence-electron chi connectivity index (χ1n) is 3.95. The van der Waals surface area contributed by atoms with E-state index in [-0.39, 0.29) is 13.0 Å². The van der Waals surface area contributed by atoms with E-state index in [1.54, 1.807) is 0 Å². The van der Waals surface area contributed by atoms with E-state index in [2.05, 4.69) is 14.8 Å². The summed E-state index contributed by atoms with van der Waals surface area (Å²) < 4.78 is 5.21. The molecule has 14 heavy (non-hydrogen) atoms. The summed E-state index contributed by atoms with van der Waals surface area (Å²) in [7, 11) is 1.47. The van der Waals surface area contributed by atoms with Gasteiger partial charge in [0.1, 0.15) is 5.75 Å². The maximum Gasteiger partial charge on any atom is 0.306 e. The second kappa shape index (κ2) is 5.93. The molecule has 0 radical (unpaired) electrons. The topological polar surface area (TPSA) is 46.5 Å². The summed E-state index contributed by atoms with van der Waals surface area (Å²) in [5.41, 5.74) is 0. The third kappa shape index (κ3) is 4.02. The van der Waals surface area contributed by atoms with Gasteiger partial charge in [0.05, 0.1) is 13.0 Å². The van der Waals surface area contributed by atoms with Gasteiger partial charge in [-0.1, -0.05) is 0 Å². The number of carbonyl (C=O) groups is 1. The Morgan fingerprint density at radius 1 is 1.43 bits per heavy atom. The summed E-state index contributed by atoms with van der Waals surface area (Å²) >= 11 is 3.25. The molecule has 0 unspecified atom stereocenters. The van der Waals surface area contributed by atoms with E-state index in [0.29, 0.717) is 5.75 Å². The highest BCUT2D eigenvalue weighted by Gasteiger charge is 1.98. The Morgan fingerprint density at radius 3 is 2.57 bits per heavy atom. The highest BCUT2D eigenvalue weighted by molar-refractivity contribution is 9.50. The molecule has 76 valence electrons. The van der Waals surface area contributed by atoms with Crippen LogP contribution >= 0.6 is 25.0 Å². The highest BCUT2D eigenvalue weighted by atomic mass is 79.9. The second-order valence-corrected chi connectivity index (χ2v) is 4.14. The van der Waals surface area contributed by atoms with E-state index >= 15 is 0 Å². The first kappa shape index (κ1) is 11.4. The second-order valence-electron chi connectivity index (χ2n) is 2.54. The zero-order valence-electron chi connectivity index (χ0n) is 7.27. The van der Waals surface area contributed by atoms with Crippen LogP contribution < -0.4 is 4.74 Å². The number of rotatable bonds is 5. The molecule has 0 fully saturated rings. The Balaban J connectivity index is 2.40. The van der Waals surface area contributed by atoms with Gasteiger partial charge in [0.2, 0.25) is 0 Å². The quantitative estimate of drug-likeness (QED) is 0.898. The van der Waals surface area contributed by atoms with Gasteiger partial charge in [-0.05, 0) is 49.3 Å². The van der Waals surface area contributed by atoms with Crippen molar-refractivity contribution < 1.29 is 14.6 Å². The molecular weight excluding hydrogens is 268 g/mol. The van der Waals surface area contributed by atoms with Crippen LogP contribution in [0.15, 0.2) is 29.2 Å². The zero-order valence-corrected chi connectivity index (χ0v) is 9.68. The molecule has 0 bridgehead atoms. The van der Waals surface area contributed by atoms with Gasteiger partial charge in [-0.3, -0.25) is 4.79 Å². The fourth-order valence-corrected chi connectivity index (χ4v) is 1.73. The van der Waals surface area contributed by atoms with Crippen molar-refractivity contribution in [2.24, 2.45) is 0 Å². The van der Waals surface area contributed by atoms with E-state index in [4.69, 9.17) is 9.84 Å². The molecule has 5 heteroatoms. The van der Waals surface area contributed by atoms with Crippen LogP contribution in [-0.4, -0.2) is 17.7 Å². The lowest BCUT2D eigenvalue weighted by Gasteiger charge is -2.04. The molecule has 0 aliphatic heterocycles. The van der Waals surface area contributed by atoms with Gasteiger partial charge in [0, 0.05) is 4.90 Å². The minimum atomic E-state index is -0.849. The molecule has 1 N–H and O–H groups in total. The fraction of sp³-hybridized carbons (Fsp3) is 0.222. The van der Waals surface area contributed by atoms with Gasteiger partial charge < -0.3 is 9.84 Å². The van der Waals surface area contributed by atoms with Crippen LogP contribution in [0.1, 0.15) is 6.42 Å². The summed E-state index contributed by atoms with van der Waals surface area (Å²) in [6.07, 6.45) is 0.0228. The van der Waals surface area contributed by atoms with E-state index in [1.807, 2.05) is 24.3 Å². The van der Waals surface area contributed by atoms with Crippen LogP contribution in [0.5, 0.6) is 5.75 Å². The molecule has 0 aromatic heterocycles. The van der Waals surface area contributed by atoms with E-state index in [1.165, 1.54) is 10.2 Å². The number of ether oxygens (including phenoxy) is 1. The SMILES string of the molecule is O=C(O)CCOc1ccc(SBr)cc1. The summed E-state index contributed by atoms with van der Waals surface area (Å²) in [6, 6.07) is 7.42. The maximum absolute atomic E-state index is 10.2. The number of carboxylic acid groups (broad SMARTS) is 1. The molecule has 0 saturated heterocycles. The molecule has 0 atom stereocenters. The van der Waals surface area contributed by atoms with Crippen LogP contribution in [0.2, 0.25) is 0 Å². The predicted octanol–water partition coefficient (Wildman–Crippen LogP) is 2.94. The van der Waals surface area contributed by atoms with Crippen molar-refractivity contribution in [2.75, 3.05) is 6.61 Å². The Kier molecular flexibility index (Phi) is 4.82. The van der Waals surface area contributed by atoms with Crippen molar-refractivity contribution in [3.63, 3.8) is 0 Å². The van der Waals surface area contributed by atoms with Crippen LogP contribution in [0.3, 0.4) is 0 Å². The Bertz CT molecular complexity index is 299. The average Bonchev–Trinajstić information content (AvgIpc) is 2.18. The number of halogens is 1. The van der Waals surface area contributed by atoms with Gasteiger partial charge in [0.25, 0.3) is 0 Å². The van der Waals surface area contributed by atoms with Gasteiger partial charge in [-0.25, -0.2) is 0 Å². The molecule has 0 saturated carbocycles. The van der Waals surface area contributed by atoms with Crippen molar-refractivity contribution in [2.45, 2.75) is 11.3 Å². The molecular formula is C9H9BrO3S. The first-order chi connectivity index (χ1) is 6.72. The van der Waals surface area contributed by atoms with Gasteiger partial charge in [0.15, 0.2) is 0 Å². The summed E-state index contributed by atoms with van der Waals surface area (Å²) in [4.78, 5) is 11.3. The monoisotopic (exact) mass is 276 g/mol. The number of aliphatic carboxylic acids is 1. The van der Waals surface area contributed by atoms with Crippen molar-refractivity contribution in [1.29, 1.82) is 0 Å². The Hall–Kier alpha value is -0.680. The lowest BCUT2D eigenvalue weighted by atomic mass is 10.3. The largest absolute Gasteiger partial charge is 0.493 e. The summed E-state index contributed by atoms with van der Waals surface area (Å²) in [6.45, 7) is 0.204. The molecule has 0 amide bonds. The molecule has 0 heterocycles. The lowest BCUT2D eigenvalue weighted by Crippen LogP contribution is -2.04. The average molecular weight is 277 g/mol. The van der Waals surface area contributed by atoms with Crippen LogP contribution in [-0.2, 0) is 4.79 Å². The third-order valence-electron chi connectivity index (χ3n) is 1.50. The predicted molar refractivity (Wildman–Crippen MR) is 59.0 cm³/mol. The van der Waals surface area contributed by atoms with Crippen molar-refractivity contribution in [3.05, 3.63) is 24.3 Å². The molecule has 1 rings (SSSR count). The van der Waals surface area contributed by atoms with Crippen molar-refractivity contribution in [1.82, 2.24) is 0 Å². The molecule has 0 spiro atoms. The van der Waals surface area contributed by atoms with Gasteiger partial charge >= 0.3 is 5.97 Å². The third-order valence-corrected chi connectivity index (χ3v) is 3.07. The molecule has 0 aliphatic carbocycles. The number of hydrogen-bond donors (Lipinski definition) is 1. The maximum atomic E-state index is 10.2. The van der Waals surface area contributed by atoms with Crippen LogP contribution in [0, 0.1) is 0 Å². The molecule has 3 nitrogen and oxygen atoms in total. The normalized spacial score (nSPS) is 9.79. The number of hydrogen-bond acceptors (Lipinski definition) is 3. The van der Waals surface area contributed by atoms with Crippen LogP contribution in [0.4, 0.5) is 0 Å². The van der Waals surface area contributed by atoms with Crippen molar-refractivity contribution >= 4 is 31.0 Å². The van der Waals surface area contributed by atoms with Crippen LogP contribution in [0.25, 0.3) is 0 Å². The van der Waals surface area contributed by atoms with E-state index in [0.717, 1.165) is 4.90 Å². The Morgan fingerprint density at radius 2 is 2.07 bits per heavy atom. The summed E-state index contributed by atoms with van der Waals surface area (Å²) in [5.74, 6) is -0.158. The zero-order chi connectivity index (χ0) is 10.4. The van der Waals surface area contributed by atoms with Gasteiger partial charge in [-0.2, -0.15) is 0 Å². The van der Waals surface area contributed by atoms with Gasteiger partial charge in [-0.15, -0.1) is 0 Å². The number of carboxylic acids is 1. The minimum Gasteiger partial charge on any atom is -0.493 e. The summed E-state index contributed by atoms with van der Waals surface area (Å²) in [5, 5.41) is 8.38. The minimum absolute atomic E-state index is 0.0228. The lowest BCUT2D eigenvalue weighted by molar-refractivity contribution is -0.137. The van der Waals surface area contributed by atoms with E-state index < -0.39 is 5.97 Å². The molecule has 0 aliphatic rings.